The molecule has 0 amide bonds. The Hall–Kier alpha value is -2.32. The Kier molecular flexibility index (Phi) is 4.40. The van der Waals surface area contributed by atoms with Crippen molar-refractivity contribution in [3.05, 3.63) is 35.8 Å². The number of aromatic amines is 1. The molecule has 3 rings (SSSR count). The minimum absolute atomic E-state index is 0.137. The van der Waals surface area contributed by atoms with Crippen LogP contribution in [0.15, 0.2) is 30.0 Å². The van der Waals surface area contributed by atoms with Gasteiger partial charge in [-0.15, -0.1) is 0 Å². The number of rotatable bonds is 3. The standard InChI is InChI=1S/C17H20N4O/c18-11-13(16(22)12-21-9-5-1-2-6-10-21)17-19-14-7-3-4-8-15(14)20-17/h3-4,7-8,22H,1-2,5-6,9-10,12H2,(H,19,20)/p+1/b16-13-. The van der Waals surface area contributed by atoms with Crippen LogP contribution >= 0.6 is 0 Å². The summed E-state index contributed by atoms with van der Waals surface area (Å²) in [6, 6.07) is 9.74. The Balaban J connectivity index is 1.86. The van der Waals surface area contributed by atoms with Gasteiger partial charge < -0.3 is 15.0 Å². The number of aliphatic hydroxyl groups is 1. The van der Waals surface area contributed by atoms with Crippen molar-refractivity contribution >= 4 is 16.6 Å². The number of allylic oxidation sites excluding steroid dienone is 1. The number of likely N-dealkylation sites (tertiary alicyclic amines) is 1. The summed E-state index contributed by atoms with van der Waals surface area (Å²) < 4.78 is 0. The van der Waals surface area contributed by atoms with E-state index in [1.807, 2.05) is 24.3 Å². The van der Waals surface area contributed by atoms with Gasteiger partial charge in [0.25, 0.3) is 0 Å². The summed E-state index contributed by atoms with van der Waals surface area (Å²) in [7, 11) is 0. The third kappa shape index (κ3) is 3.12. The average Bonchev–Trinajstić information content (AvgIpc) is 2.77. The zero-order valence-electron chi connectivity index (χ0n) is 12.6. The Morgan fingerprint density at radius 2 is 1.95 bits per heavy atom. The van der Waals surface area contributed by atoms with E-state index in [0.717, 1.165) is 24.1 Å². The molecule has 2 heterocycles. The Morgan fingerprint density at radius 1 is 1.23 bits per heavy atom. The lowest BCUT2D eigenvalue weighted by Gasteiger charge is -2.16. The summed E-state index contributed by atoms with van der Waals surface area (Å²) >= 11 is 0. The maximum Gasteiger partial charge on any atom is 0.169 e. The number of aromatic nitrogens is 2. The normalized spacial score (nSPS) is 17.8. The van der Waals surface area contributed by atoms with Crippen LogP contribution < -0.4 is 4.90 Å². The minimum Gasteiger partial charge on any atom is -0.506 e. The van der Waals surface area contributed by atoms with Crippen LogP contribution in [0.25, 0.3) is 16.6 Å². The molecule has 0 bridgehead atoms. The van der Waals surface area contributed by atoms with Gasteiger partial charge in [0, 0.05) is 0 Å². The molecule has 0 spiro atoms. The number of nitriles is 1. The first-order chi connectivity index (χ1) is 10.8. The van der Waals surface area contributed by atoms with Gasteiger partial charge in [0.15, 0.2) is 11.6 Å². The van der Waals surface area contributed by atoms with Crippen molar-refractivity contribution in [3.8, 4) is 6.07 Å². The van der Waals surface area contributed by atoms with Gasteiger partial charge in [-0.05, 0) is 37.8 Å². The number of hydrogen-bond donors (Lipinski definition) is 3. The van der Waals surface area contributed by atoms with Gasteiger partial charge in [-0.1, -0.05) is 12.1 Å². The lowest BCUT2D eigenvalue weighted by molar-refractivity contribution is -0.895. The quantitative estimate of drug-likeness (QED) is 0.597. The molecule has 1 aromatic carbocycles. The van der Waals surface area contributed by atoms with Crippen molar-refractivity contribution in [1.82, 2.24) is 9.97 Å². The van der Waals surface area contributed by atoms with E-state index in [1.54, 1.807) is 0 Å². The van der Waals surface area contributed by atoms with Crippen LogP contribution in [0.1, 0.15) is 31.5 Å². The molecule has 0 aliphatic carbocycles. The molecule has 5 nitrogen and oxygen atoms in total. The molecule has 1 aliphatic rings. The van der Waals surface area contributed by atoms with Crippen molar-refractivity contribution < 1.29 is 10.0 Å². The zero-order valence-corrected chi connectivity index (χ0v) is 12.6. The minimum atomic E-state index is 0.137. The van der Waals surface area contributed by atoms with Crippen LogP contribution in [0.3, 0.4) is 0 Å². The fraction of sp³-hybridized carbons (Fsp3) is 0.412. The number of aliphatic hydroxyl groups excluding tert-OH is 1. The molecular formula is C17H21N4O+. The van der Waals surface area contributed by atoms with E-state index in [2.05, 4.69) is 16.0 Å². The van der Waals surface area contributed by atoms with Gasteiger partial charge in [-0.25, -0.2) is 4.98 Å². The van der Waals surface area contributed by atoms with Crippen LogP contribution in [0.4, 0.5) is 0 Å². The first kappa shape index (κ1) is 14.6. The summed E-state index contributed by atoms with van der Waals surface area (Å²) in [5.74, 6) is 0.592. The number of imidazole rings is 1. The summed E-state index contributed by atoms with van der Waals surface area (Å²) in [6.07, 6.45) is 4.91. The third-order valence-corrected chi connectivity index (χ3v) is 4.25. The van der Waals surface area contributed by atoms with Crippen molar-refractivity contribution in [2.75, 3.05) is 19.6 Å². The smallest absolute Gasteiger partial charge is 0.169 e. The largest absolute Gasteiger partial charge is 0.506 e. The maximum atomic E-state index is 10.4. The number of benzene rings is 1. The van der Waals surface area contributed by atoms with Crippen molar-refractivity contribution in [3.63, 3.8) is 0 Å². The van der Waals surface area contributed by atoms with E-state index in [1.165, 1.54) is 30.6 Å². The van der Waals surface area contributed by atoms with Crippen LogP contribution in [-0.4, -0.2) is 34.7 Å². The molecule has 3 N–H and O–H groups in total. The van der Waals surface area contributed by atoms with E-state index < -0.39 is 0 Å². The first-order valence-electron chi connectivity index (χ1n) is 7.89. The van der Waals surface area contributed by atoms with Gasteiger partial charge in [0.05, 0.1) is 24.1 Å². The summed E-state index contributed by atoms with van der Waals surface area (Å²) in [5, 5.41) is 19.8. The molecule has 1 saturated heterocycles. The highest BCUT2D eigenvalue weighted by molar-refractivity contribution is 5.82. The predicted molar refractivity (Wildman–Crippen MR) is 85.3 cm³/mol. The Labute approximate surface area is 129 Å². The SMILES string of the molecule is N#C/C(=C(/O)C[NH+]1CCCCCC1)c1nc2ccccc2[nH]1. The van der Waals surface area contributed by atoms with Gasteiger partial charge in [-0.3, -0.25) is 0 Å². The first-order valence-corrected chi connectivity index (χ1v) is 7.89. The second-order valence-electron chi connectivity index (χ2n) is 5.88. The third-order valence-electron chi connectivity index (χ3n) is 4.25. The van der Waals surface area contributed by atoms with E-state index in [4.69, 9.17) is 0 Å². The fourth-order valence-corrected chi connectivity index (χ4v) is 3.06. The topological polar surface area (TPSA) is 77.1 Å². The molecule has 1 aliphatic heterocycles. The molecule has 2 aromatic rings. The molecule has 1 fully saturated rings. The van der Waals surface area contributed by atoms with Crippen LogP contribution in [-0.2, 0) is 0 Å². The summed E-state index contributed by atoms with van der Waals surface area (Å²) in [6.45, 7) is 2.62. The highest BCUT2D eigenvalue weighted by Gasteiger charge is 2.19. The van der Waals surface area contributed by atoms with E-state index in [0.29, 0.717) is 12.4 Å². The van der Waals surface area contributed by atoms with Gasteiger partial charge in [0.1, 0.15) is 18.2 Å². The second-order valence-corrected chi connectivity index (χ2v) is 5.88. The Morgan fingerprint density at radius 3 is 2.64 bits per heavy atom. The van der Waals surface area contributed by atoms with Crippen molar-refractivity contribution in [2.24, 2.45) is 0 Å². The number of quaternary nitrogens is 1. The summed E-state index contributed by atoms with van der Waals surface area (Å²) in [4.78, 5) is 8.87. The average molecular weight is 297 g/mol. The van der Waals surface area contributed by atoms with Crippen molar-refractivity contribution in [1.29, 1.82) is 5.26 Å². The number of nitrogens with zero attached hydrogens (tertiary/aromatic N) is 2. The Bertz CT molecular complexity index is 685. The van der Waals surface area contributed by atoms with E-state index in [9.17, 15) is 10.4 Å². The fourth-order valence-electron chi connectivity index (χ4n) is 3.06. The van der Waals surface area contributed by atoms with Gasteiger partial charge >= 0.3 is 0 Å². The second kappa shape index (κ2) is 6.63. The van der Waals surface area contributed by atoms with E-state index >= 15 is 0 Å². The molecular weight excluding hydrogens is 276 g/mol. The molecule has 0 radical (unpaired) electrons. The van der Waals surface area contributed by atoms with Crippen LogP contribution in [0.5, 0.6) is 0 Å². The van der Waals surface area contributed by atoms with Crippen molar-refractivity contribution in [2.45, 2.75) is 25.7 Å². The van der Waals surface area contributed by atoms with Gasteiger partial charge in [-0.2, -0.15) is 5.26 Å². The number of hydrogen-bond acceptors (Lipinski definition) is 3. The molecule has 1 aromatic heterocycles. The highest BCUT2D eigenvalue weighted by atomic mass is 16.3. The molecule has 22 heavy (non-hydrogen) atoms. The number of fused-ring (bicyclic) bond motifs is 1. The molecule has 0 unspecified atom stereocenters. The predicted octanol–water partition coefficient (Wildman–Crippen LogP) is 1.81. The number of nitrogens with one attached hydrogen (secondary N) is 2. The summed E-state index contributed by atoms with van der Waals surface area (Å²) in [5.41, 5.74) is 1.94. The lowest BCUT2D eigenvalue weighted by atomic mass is 10.2. The molecule has 0 atom stereocenters. The van der Waals surface area contributed by atoms with Crippen LogP contribution in [0.2, 0.25) is 0 Å². The van der Waals surface area contributed by atoms with E-state index in [-0.39, 0.29) is 11.3 Å². The molecule has 114 valence electrons. The van der Waals surface area contributed by atoms with Gasteiger partial charge in [0.2, 0.25) is 0 Å². The highest BCUT2D eigenvalue weighted by Crippen LogP contribution is 2.18. The molecule has 5 heteroatoms. The zero-order chi connectivity index (χ0) is 15.4. The molecule has 0 saturated carbocycles. The lowest BCUT2D eigenvalue weighted by Crippen LogP contribution is -3.12. The maximum absolute atomic E-state index is 10.4. The number of H-pyrrole nitrogens is 1. The monoisotopic (exact) mass is 297 g/mol. The van der Waals surface area contributed by atoms with Crippen LogP contribution in [0, 0.1) is 11.3 Å². The number of para-hydroxylation sites is 2.